The summed E-state index contributed by atoms with van der Waals surface area (Å²) < 4.78 is 4.77. The van der Waals surface area contributed by atoms with Crippen LogP contribution in [0.1, 0.15) is 20.3 Å². The van der Waals surface area contributed by atoms with Gasteiger partial charge in [0.25, 0.3) is 0 Å². The summed E-state index contributed by atoms with van der Waals surface area (Å²) in [6, 6.07) is 0. The lowest BCUT2D eigenvalue weighted by molar-refractivity contribution is -0.143. The van der Waals surface area contributed by atoms with Crippen LogP contribution in [0.15, 0.2) is 0 Å². The lowest BCUT2D eigenvalue weighted by Gasteiger charge is -2.25. The molecule has 0 unspecified atom stereocenters. The van der Waals surface area contributed by atoms with Gasteiger partial charge in [-0.05, 0) is 20.3 Å². The smallest absolute Gasteiger partial charge is 0.323 e. The molecule has 0 N–H and O–H groups in total. The van der Waals surface area contributed by atoms with E-state index in [0.717, 1.165) is 12.2 Å². The highest BCUT2D eigenvalue weighted by Crippen LogP contribution is 2.31. The topological polar surface area (TPSA) is 26.3 Å². The van der Waals surface area contributed by atoms with Gasteiger partial charge in [-0.3, -0.25) is 4.79 Å². The molecule has 1 heterocycles. The van der Waals surface area contributed by atoms with Gasteiger partial charge in [0, 0.05) is 5.75 Å². The fraction of sp³-hybridized carbons (Fsp3) is 0.833. The van der Waals surface area contributed by atoms with E-state index >= 15 is 0 Å². The Hall–Kier alpha value is -0.180. The first kappa shape index (κ1) is 6.93. The molecular formula is C6H10O2S. The number of carbonyl (C=O) groups is 1. The largest absolute Gasteiger partial charge is 0.391 e. The lowest BCUT2D eigenvalue weighted by Crippen LogP contribution is -2.29. The van der Waals surface area contributed by atoms with Crippen LogP contribution < -0.4 is 0 Å². The molecule has 0 atom stereocenters. The maximum Gasteiger partial charge on any atom is 0.323 e. The molecule has 1 saturated heterocycles. The fourth-order valence-electron chi connectivity index (χ4n) is 0.607. The molecule has 1 aliphatic heterocycles. The van der Waals surface area contributed by atoms with Gasteiger partial charge in [-0.25, -0.2) is 0 Å². The van der Waals surface area contributed by atoms with Crippen LogP contribution in [0.3, 0.4) is 0 Å². The molecule has 0 radical (unpaired) electrons. The van der Waals surface area contributed by atoms with Crippen LogP contribution in [0, 0.1) is 5.41 Å². The normalized spacial score (nSPS) is 25.3. The van der Waals surface area contributed by atoms with Gasteiger partial charge in [-0.2, -0.15) is 0 Å². The third-order valence-corrected chi connectivity index (χ3v) is 2.14. The van der Waals surface area contributed by atoms with Crippen LogP contribution in [0.4, 0.5) is 0 Å². The highest BCUT2D eigenvalue weighted by atomic mass is 32.2. The van der Waals surface area contributed by atoms with Gasteiger partial charge in [0.15, 0.2) is 0 Å². The summed E-state index contributed by atoms with van der Waals surface area (Å²) in [5.74, 6) is 0.845. The molecule has 0 aromatic rings. The Bertz CT molecular complexity index is 131. The highest BCUT2D eigenvalue weighted by molar-refractivity contribution is 7.95. The van der Waals surface area contributed by atoms with E-state index in [9.17, 15) is 4.79 Å². The van der Waals surface area contributed by atoms with Crippen molar-refractivity contribution in [3.8, 4) is 0 Å². The second kappa shape index (κ2) is 2.21. The van der Waals surface area contributed by atoms with Gasteiger partial charge >= 0.3 is 5.97 Å². The van der Waals surface area contributed by atoms with E-state index in [4.69, 9.17) is 4.18 Å². The fourth-order valence-corrected chi connectivity index (χ4v) is 1.62. The van der Waals surface area contributed by atoms with Crippen molar-refractivity contribution in [3.63, 3.8) is 0 Å². The number of carbonyl (C=O) groups excluding carboxylic acids is 1. The Labute approximate surface area is 59.2 Å². The van der Waals surface area contributed by atoms with Crippen molar-refractivity contribution in [2.75, 3.05) is 5.75 Å². The van der Waals surface area contributed by atoms with Crippen LogP contribution in [0.25, 0.3) is 0 Å². The number of rotatable bonds is 0. The van der Waals surface area contributed by atoms with Crippen molar-refractivity contribution in [1.29, 1.82) is 0 Å². The molecular weight excluding hydrogens is 136 g/mol. The minimum absolute atomic E-state index is 0.0845. The van der Waals surface area contributed by atoms with Crippen molar-refractivity contribution < 1.29 is 8.98 Å². The zero-order chi connectivity index (χ0) is 6.91. The van der Waals surface area contributed by atoms with Crippen LogP contribution >= 0.6 is 12.0 Å². The highest BCUT2D eigenvalue weighted by Gasteiger charge is 2.32. The van der Waals surface area contributed by atoms with E-state index in [-0.39, 0.29) is 11.4 Å². The van der Waals surface area contributed by atoms with E-state index < -0.39 is 0 Å². The Balaban J connectivity index is 2.60. The quantitative estimate of drug-likeness (QED) is 0.486. The Morgan fingerprint density at radius 3 is 2.67 bits per heavy atom. The molecule has 0 saturated carbocycles. The van der Waals surface area contributed by atoms with Crippen molar-refractivity contribution in [2.24, 2.45) is 5.41 Å². The zero-order valence-electron chi connectivity index (χ0n) is 5.64. The van der Waals surface area contributed by atoms with Gasteiger partial charge in [-0.1, -0.05) is 0 Å². The second-order valence-electron chi connectivity index (χ2n) is 2.83. The van der Waals surface area contributed by atoms with E-state index in [1.165, 1.54) is 12.0 Å². The Morgan fingerprint density at radius 2 is 2.33 bits per heavy atom. The number of hydrogen-bond donors (Lipinski definition) is 0. The molecule has 0 bridgehead atoms. The predicted molar refractivity (Wildman–Crippen MR) is 36.9 cm³/mol. The van der Waals surface area contributed by atoms with Gasteiger partial charge in [0.1, 0.15) is 0 Å². The van der Waals surface area contributed by atoms with Crippen LogP contribution in [0.5, 0.6) is 0 Å². The molecule has 0 aliphatic carbocycles. The third kappa shape index (κ3) is 1.39. The standard InChI is InChI=1S/C6H10O2S/c1-6(2)3-4-9-8-5(6)7/h3-4H2,1-2H3. The molecule has 0 aromatic carbocycles. The molecule has 3 heteroatoms. The summed E-state index contributed by atoms with van der Waals surface area (Å²) in [5, 5.41) is 0. The molecule has 52 valence electrons. The minimum atomic E-state index is -0.245. The SMILES string of the molecule is CC1(C)CCSOC1=O. The van der Waals surface area contributed by atoms with E-state index in [2.05, 4.69) is 0 Å². The van der Waals surface area contributed by atoms with Crippen molar-refractivity contribution in [2.45, 2.75) is 20.3 Å². The second-order valence-corrected chi connectivity index (χ2v) is 3.64. The first-order chi connectivity index (χ1) is 4.13. The molecule has 0 spiro atoms. The van der Waals surface area contributed by atoms with Crippen LogP contribution in [-0.4, -0.2) is 11.7 Å². The van der Waals surface area contributed by atoms with Crippen molar-refractivity contribution in [1.82, 2.24) is 0 Å². The molecule has 0 amide bonds. The monoisotopic (exact) mass is 146 g/mol. The summed E-state index contributed by atoms with van der Waals surface area (Å²) in [4.78, 5) is 10.9. The third-order valence-electron chi connectivity index (χ3n) is 1.50. The molecule has 9 heavy (non-hydrogen) atoms. The summed E-state index contributed by atoms with van der Waals surface area (Å²) in [5.41, 5.74) is -0.245. The molecule has 1 aliphatic rings. The molecule has 1 rings (SSSR count). The molecule has 1 fully saturated rings. The summed E-state index contributed by atoms with van der Waals surface area (Å²) >= 11 is 1.26. The summed E-state index contributed by atoms with van der Waals surface area (Å²) in [6.45, 7) is 3.82. The average molecular weight is 146 g/mol. The maximum absolute atomic E-state index is 10.9. The first-order valence-corrected chi connectivity index (χ1v) is 3.88. The predicted octanol–water partition coefficient (Wildman–Crippen LogP) is 1.61. The first-order valence-electron chi connectivity index (χ1n) is 2.97. The van der Waals surface area contributed by atoms with Crippen molar-refractivity contribution >= 4 is 18.0 Å². The Morgan fingerprint density at radius 1 is 1.67 bits per heavy atom. The van der Waals surface area contributed by atoms with Gasteiger partial charge in [0.05, 0.1) is 17.5 Å². The maximum atomic E-state index is 10.9. The van der Waals surface area contributed by atoms with E-state index in [1.54, 1.807) is 0 Å². The Kier molecular flexibility index (Phi) is 1.70. The van der Waals surface area contributed by atoms with Gasteiger partial charge in [0.2, 0.25) is 0 Å². The van der Waals surface area contributed by atoms with Crippen LogP contribution in [-0.2, 0) is 8.98 Å². The van der Waals surface area contributed by atoms with E-state index in [0.29, 0.717) is 0 Å². The van der Waals surface area contributed by atoms with Gasteiger partial charge in [-0.15, -0.1) is 0 Å². The lowest BCUT2D eigenvalue weighted by atomic mass is 9.91. The number of hydrogen-bond acceptors (Lipinski definition) is 3. The molecule has 0 aromatic heterocycles. The van der Waals surface area contributed by atoms with Gasteiger partial charge < -0.3 is 4.18 Å². The molecule has 2 nitrogen and oxygen atoms in total. The van der Waals surface area contributed by atoms with Crippen LogP contribution in [0.2, 0.25) is 0 Å². The van der Waals surface area contributed by atoms with Crippen molar-refractivity contribution in [3.05, 3.63) is 0 Å². The van der Waals surface area contributed by atoms with E-state index in [1.807, 2.05) is 13.8 Å². The zero-order valence-corrected chi connectivity index (χ0v) is 6.46. The summed E-state index contributed by atoms with van der Waals surface area (Å²) in [7, 11) is 0. The minimum Gasteiger partial charge on any atom is -0.391 e. The average Bonchev–Trinajstić information content (AvgIpc) is 1.77. The summed E-state index contributed by atoms with van der Waals surface area (Å²) in [6.07, 6.45) is 0.927.